The minimum atomic E-state index is -0.394. The molecular weight excluding hydrogens is 190 g/mol. The zero-order valence-corrected chi connectivity index (χ0v) is 10.6. The molecule has 3 heteroatoms. The summed E-state index contributed by atoms with van der Waals surface area (Å²) >= 11 is 0. The summed E-state index contributed by atoms with van der Waals surface area (Å²) in [6.45, 7) is 11.4. The normalized spacial score (nSPS) is 21.7. The lowest BCUT2D eigenvalue weighted by molar-refractivity contribution is -0.151. The lowest BCUT2D eigenvalue weighted by atomic mass is 9.92. The van der Waals surface area contributed by atoms with E-state index in [4.69, 9.17) is 4.74 Å². The van der Waals surface area contributed by atoms with E-state index in [0.717, 1.165) is 19.6 Å². The van der Waals surface area contributed by atoms with E-state index in [1.54, 1.807) is 0 Å². The van der Waals surface area contributed by atoms with Crippen LogP contribution in [0.15, 0.2) is 0 Å². The highest BCUT2D eigenvalue weighted by Crippen LogP contribution is 2.31. The van der Waals surface area contributed by atoms with Crippen molar-refractivity contribution in [3.05, 3.63) is 0 Å². The van der Waals surface area contributed by atoms with Gasteiger partial charge in [0, 0.05) is 13.1 Å². The summed E-state index contributed by atoms with van der Waals surface area (Å²) in [5, 5.41) is 0. The molecule has 0 spiro atoms. The van der Waals surface area contributed by atoms with Crippen molar-refractivity contribution in [2.45, 2.75) is 34.1 Å². The highest BCUT2D eigenvalue weighted by molar-refractivity contribution is 5.76. The van der Waals surface area contributed by atoms with Gasteiger partial charge in [-0.3, -0.25) is 4.79 Å². The fourth-order valence-electron chi connectivity index (χ4n) is 2.26. The average molecular weight is 213 g/mol. The number of hydrogen-bond acceptors (Lipinski definition) is 3. The van der Waals surface area contributed by atoms with Gasteiger partial charge in [0.05, 0.1) is 12.5 Å². The number of methoxy groups -OCH3 is 1. The first kappa shape index (κ1) is 12.5. The second-order valence-corrected chi connectivity index (χ2v) is 6.00. The van der Waals surface area contributed by atoms with Gasteiger partial charge in [0.15, 0.2) is 0 Å². The van der Waals surface area contributed by atoms with Gasteiger partial charge < -0.3 is 9.64 Å². The number of nitrogens with zero attached hydrogens (tertiary/aromatic N) is 1. The third-order valence-corrected chi connectivity index (χ3v) is 3.11. The molecule has 15 heavy (non-hydrogen) atoms. The van der Waals surface area contributed by atoms with Crippen LogP contribution < -0.4 is 0 Å². The fraction of sp³-hybridized carbons (Fsp3) is 0.917. The quantitative estimate of drug-likeness (QED) is 0.671. The smallest absolute Gasteiger partial charge is 0.312 e. The molecule has 0 atom stereocenters. The summed E-state index contributed by atoms with van der Waals surface area (Å²) in [4.78, 5) is 13.9. The monoisotopic (exact) mass is 213 g/mol. The van der Waals surface area contributed by atoms with Gasteiger partial charge in [-0.25, -0.2) is 0 Å². The third kappa shape index (κ3) is 3.20. The van der Waals surface area contributed by atoms with Gasteiger partial charge in [0.1, 0.15) is 0 Å². The van der Waals surface area contributed by atoms with Gasteiger partial charge in [-0.05, 0) is 32.2 Å². The molecule has 0 saturated carbocycles. The molecule has 1 fully saturated rings. The molecule has 0 radical (unpaired) electrons. The van der Waals surface area contributed by atoms with Crippen LogP contribution in [0.25, 0.3) is 0 Å². The van der Waals surface area contributed by atoms with Crippen molar-refractivity contribution < 1.29 is 9.53 Å². The Kier molecular flexibility index (Phi) is 3.44. The summed E-state index contributed by atoms with van der Waals surface area (Å²) in [5.41, 5.74) is 0.00136. The van der Waals surface area contributed by atoms with Crippen molar-refractivity contribution >= 4 is 5.97 Å². The number of carbonyl (C=O) groups excluding carboxylic acids is 1. The Morgan fingerprint density at radius 1 is 1.47 bits per heavy atom. The van der Waals surface area contributed by atoms with Crippen molar-refractivity contribution in [2.75, 3.05) is 26.7 Å². The molecule has 0 amide bonds. The van der Waals surface area contributed by atoms with Crippen LogP contribution in [-0.4, -0.2) is 37.6 Å². The lowest BCUT2D eigenvalue weighted by Gasteiger charge is -2.28. The fourth-order valence-corrected chi connectivity index (χ4v) is 2.26. The molecule has 88 valence electrons. The maximum absolute atomic E-state index is 11.5. The van der Waals surface area contributed by atoms with Crippen LogP contribution in [0.4, 0.5) is 0 Å². The first-order chi connectivity index (χ1) is 6.77. The number of rotatable bonds is 3. The van der Waals surface area contributed by atoms with Crippen LogP contribution >= 0.6 is 0 Å². The standard InChI is InChI=1S/C12H23NO2/c1-11(2)6-7-13(8-11)9-12(3,4)10(14)15-5/h6-9H2,1-5H3. The topological polar surface area (TPSA) is 29.5 Å². The van der Waals surface area contributed by atoms with E-state index in [0.29, 0.717) is 5.41 Å². The van der Waals surface area contributed by atoms with Crippen LogP contribution in [0.3, 0.4) is 0 Å². The van der Waals surface area contributed by atoms with Gasteiger partial charge in [0.2, 0.25) is 0 Å². The predicted octanol–water partition coefficient (Wildman–Crippen LogP) is 1.92. The van der Waals surface area contributed by atoms with Crippen molar-refractivity contribution in [3.63, 3.8) is 0 Å². The minimum absolute atomic E-state index is 0.118. The maximum Gasteiger partial charge on any atom is 0.312 e. The van der Waals surface area contributed by atoms with Crippen LogP contribution in [0.5, 0.6) is 0 Å². The highest BCUT2D eigenvalue weighted by atomic mass is 16.5. The van der Waals surface area contributed by atoms with E-state index >= 15 is 0 Å². The summed E-state index contributed by atoms with van der Waals surface area (Å²) in [7, 11) is 1.46. The maximum atomic E-state index is 11.5. The molecule has 0 N–H and O–H groups in total. The van der Waals surface area contributed by atoms with Gasteiger partial charge in [0.25, 0.3) is 0 Å². The van der Waals surface area contributed by atoms with Crippen molar-refractivity contribution in [1.29, 1.82) is 0 Å². The Morgan fingerprint density at radius 3 is 2.47 bits per heavy atom. The molecule has 1 rings (SSSR count). The molecule has 0 unspecified atom stereocenters. The molecule has 3 nitrogen and oxygen atoms in total. The Hall–Kier alpha value is -0.570. The largest absolute Gasteiger partial charge is 0.469 e. The van der Waals surface area contributed by atoms with Gasteiger partial charge in [-0.15, -0.1) is 0 Å². The molecule has 1 aliphatic heterocycles. The molecule has 1 saturated heterocycles. The van der Waals surface area contributed by atoms with Gasteiger partial charge >= 0.3 is 5.97 Å². The number of likely N-dealkylation sites (tertiary alicyclic amines) is 1. The number of carbonyl (C=O) groups is 1. The van der Waals surface area contributed by atoms with E-state index in [-0.39, 0.29) is 5.97 Å². The first-order valence-electron chi connectivity index (χ1n) is 5.58. The van der Waals surface area contributed by atoms with Crippen molar-refractivity contribution in [3.8, 4) is 0 Å². The van der Waals surface area contributed by atoms with Crippen LogP contribution in [0.1, 0.15) is 34.1 Å². The van der Waals surface area contributed by atoms with Gasteiger partial charge in [-0.2, -0.15) is 0 Å². The second kappa shape index (κ2) is 4.12. The molecule has 0 aromatic carbocycles. The van der Waals surface area contributed by atoms with Crippen LogP contribution in [-0.2, 0) is 9.53 Å². The zero-order valence-electron chi connectivity index (χ0n) is 10.6. The van der Waals surface area contributed by atoms with Crippen LogP contribution in [0.2, 0.25) is 0 Å². The second-order valence-electron chi connectivity index (χ2n) is 6.00. The minimum Gasteiger partial charge on any atom is -0.469 e. The lowest BCUT2D eigenvalue weighted by Crippen LogP contribution is -2.39. The Balaban J connectivity index is 2.52. The number of esters is 1. The number of hydrogen-bond donors (Lipinski definition) is 0. The number of ether oxygens (including phenoxy) is 1. The molecule has 0 aromatic heterocycles. The third-order valence-electron chi connectivity index (χ3n) is 3.11. The van der Waals surface area contributed by atoms with Gasteiger partial charge in [-0.1, -0.05) is 13.8 Å². The highest BCUT2D eigenvalue weighted by Gasteiger charge is 2.36. The summed E-state index contributed by atoms with van der Waals surface area (Å²) in [6, 6.07) is 0. The molecule has 0 aliphatic carbocycles. The van der Waals surface area contributed by atoms with Crippen molar-refractivity contribution in [1.82, 2.24) is 4.90 Å². The molecule has 1 heterocycles. The summed E-state index contributed by atoms with van der Waals surface area (Å²) in [5.74, 6) is -0.118. The van der Waals surface area contributed by atoms with Crippen LogP contribution in [0, 0.1) is 10.8 Å². The van der Waals surface area contributed by atoms with E-state index in [9.17, 15) is 4.79 Å². The Morgan fingerprint density at radius 2 is 2.07 bits per heavy atom. The molecule has 0 aromatic rings. The van der Waals surface area contributed by atoms with E-state index in [1.165, 1.54) is 13.5 Å². The average Bonchev–Trinajstić information content (AvgIpc) is 2.43. The predicted molar refractivity (Wildman–Crippen MR) is 60.6 cm³/mol. The molecule has 0 bridgehead atoms. The van der Waals surface area contributed by atoms with E-state index < -0.39 is 5.41 Å². The Bertz CT molecular complexity index is 246. The van der Waals surface area contributed by atoms with E-state index in [1.807, 2.05) is 13.8 Å². The summed E-state index contributed by atoms with van der Waals surface area (Å²) in [6.07, 6.45) is 1.21. The molecule has 1 aliphatic rings. The van der Waals surface area contributed by atoms with Crippen molar-refractivity contribution in [2.24, 2.45) is 10.8 Å². The van der Waals surface area contributed by atoms with E-state index in [2.05, 4.69) is 18.7 Å². The molecular formula is C12H23NO2. The first-order valence-corrected chi connectivity index (χ1v) is 5.58. The zero-order chi connectivity index (χ0) is 11.7. The summed E-state index contributed by atoms with van der Waals surface area (Å²) < 4.78 is 4.81. The Labute approximate surface area is 92.8 Å². The SMILES string of the molecule is COC(=O)C(C)(C)CN1CCC(C)(C)C1.